The summed E-state index contributed by atoms with van der Waals surface area (Å²) in [5, 5.41) is 0. The van der Waals surface area contributed by atoms with Crippen LogP contribution >= 0.6 is 0 Å². The van der Waals surface area contributed by atoms with E-state index in [4.69, 9.17) is 10.5 Å². The predicted molar refractivity (Wildman–Crippen MR) is 91.4 cm³/mol. The van der Waals surface area contributed by atoms with Gasteiger partial charge in [-0.15, -0.1) is 0 Å². The van der Waals surface area contributed by atoms with E-state index in [1.54, 1.807) is 13.8 Å². The van der Waals surface area contributed by atoms with E-state index in [1.165, 1.54) is 28.6 Å². The molecule has 1 fully saturated rings. The van der Waals surface area contributed by atoms with Crippen molar-refractivity contribution < 1.29 is 22.7 Å². The summed E-state index contributed by atoms with van der Waals surface area (Å²) in [5.41, 5.74) is 5.49. The van der Waals surface area contributed by atoms with Crippen molar-refractivity contribution in [3.05, 3.63) is 29.8 Å². The number of nitrogens with two attached hydrogens (primary N) is 1. The second kappa shape index (κ2) is 7.94. The molecule has 1 aliphatic heterocycles. The Morgan fingerprint density at radius 3 is 2.44 bits per heavy atom. The Bertz CT molecular complexity index is 742. The molecular weight excluding hydrogens is 346 g/mol. The molecule has 2 N–H and O–H groups in total. The van der Waals surface area contributed by atoms with Gasteiger partial charge in [0.1, 0.15) is 0 Å². The molecule has 0 spiro atoms. The molecule has 8 nitrogen and oxygen atoms in total. The molecule has 1 aromatic carbocycles. The molecule has 1 atom stereocenters. The number of amides is 1. The molecule has 0 bridgehead atoms. The number of esters is 1. The average Bonchev–Trinajstić information content (AvgIpc) is 2.61. The van der Waals surface area contributed by atoms with Crippen molar-refractivity contribution in [2.75, 3.05) is 32.8 Å². The predicted octanol–water partition coefficient (Wildman–Crippen LogP) is 0.0434. The summed E-state index contributed by atoms with van der Waals surface area (Å²) in [5.74, 6) is -0.988. The number of benzene rings is 1. The van der Waals surface area contributed by atoms with E-state index in [9.17, 15) is 18.0 Å². The number of primary amides is 1. The molecule has 2 rings (SSSR count). The molecule has 0 radical (unpaired) electrons. The van der Waals surface area contributed by atoms with Gasteiger partial charge in [-0.25, -0.2) is 13.2 Å². The molecular formula is C16H23N3O5S. The molecule has 25 heavy (non-hydrogen) atoms. The molecule has 0 saturated carbocycles. The monoisotopic (exact) mass is 369 g/mol. The van der Waals surface area contributed by atoms with E-state index in [2.05, 4.69) is 0 Å². The van der Waals surface area contributed by atoms with Crippen molar-refractivity contribution in [1.29, 1.82) is 0 Å². The van der Waals surface area contributed by atoms with E-state index in [0.29, 0.717) is 13.1 Å². The van der Waals surface area contributed by atoms with E-state index >= 15 is 0 Å². The van der Waals surface area contributed by atoms with Crippen LogP contribution in [0.2, 0.25) is 0 Å². The summed E-state index contributed by atoms with van der Waals surface area (Å²) in [4.78, 5) is 25.0. The molecule has 1 heterocycles. The van der Waals surface area contributed by atoms with Crippen molar-refractivity contribution in [3.63, 3.8) is 0 Å². The van der Waals surface area contributed by atoms with Crippen molar-refractivity contribution >= 4 is 21.9 Å². The second-order valence-electron chi connectivity index (χ2n) is 5.77. The first-order chi connectivity index (χ1) is 11.8. The zero-order chi connectivity index (χ0) is 18.6. The lowest BCUT2D eigenvalue weighted by molar-refractivity contribution is -0.123. The summed E-state index contributed by atoms with van der Waals surface area (Å²) in [7, 11) is -3.72. The molecule has 0 aromatic heterocycles. The fourth-order valence-electron chi connectivity index (χ4n) is 2.66. The molecule has 0 aliphatic carbocycles. The Morgan fingerprint density at radius 1 is 1.24 bits per heavy atom. The minimum Gasteiger partial charge on any atom is -0.462 e. The van der Waals surface area contributed by atoms with Crippen LogP contribution in [0.1, 0.15) is 24.2 Å². The van der Waals surface area contributed by atoms with Gasteiger partial charge in [0.2, 0.25) is 15.9 Å². The molecule has 1 aliphatic rings. The van der Waals surface area contributed by atoms with Crippen LogP contribution in [0.15, 0.2) is 29.2 Å². The highest BCUT2D eigenvalue weighted by Gasteiger charge is 2.31. The number of piperazine rings is 1. The van der Waals surface area contributed by atoms with Crippen LogP contribution < -0.4 is 5.73 Å². The maximum atomic E-state index is 12.8. The van der Waals surface area contributed by atoms with E-state index < -0.39 is 27.9 Å². The van der Waals surface area contributed by atoms with Gasteiger partial charge < -0.3 is 10.5 Å². The van der Waals surface area contributed by atoms with Crippen LogP contribution in [-0.4, -0.2) is 68.3 Å². The number of nitrogens with zero attached hydrogens (tertiary/aromatic N) is 2. The van der Waals surface area contributed by atoms with Crippen molar-refractivity contribution in [3.8, 4) is 0 Å². The first kappa shape index (κ1) is 19.4. The zero-order valence-corrected chi connectivity index (χ0v) is 15.2. The van der Waals surface area contributed by atoms with Crippen molar-refractivity contribution in [2.45, 2.75) is 24.8 Å². The van der Waals surface area contributed by atoms with E-state index in [1.807, 2.05) is 4.90 Å². The Hall–Kier alpha value is -1.97. The van der Waals surface area contributed by atoms with Gasteiger partial charge in [0.05, 0.1) is 23.1 Å². The maximum absolute atomic E-state index is 12.8. The topological polar surface area (TPSA) is 110 Å². The summed E-state index contributed by atoms with van der Waals surface area (Å²) in [6.45, 7) is 4.95. The van der Waals surface area contributed by atoms with Gasteiger partial charge in [-0.2, -0.15) is 4.31 Å². The van der Waals surface area contributed by atoms with Gasteiger partial charge in [-0.05, 0) is 32.0 Å². The third kappa shape index (κ3) is 4.36. The number of ether oxygens (including phenoxy) is 1. The number of hydrogen-bond donors (Lipinski definition) is 1. The fraction of sp³-hybridized carbons (Fsp3) is 0.500. The van der Waals surface area contributed by atoms with Crippen LogP contribution in [0.25, 0.3) is 0 Å². The minimum atomic E-state index is -3.72. The third-order valence-electron chi connectivity index (χ3n) is 4.22. The quantitative estimate of drug-likeness (QED) is 0.709. The van der Waals surface area contributed by atoms with Gasteiger partial charge in [-0.3, -0.25) is 9.69 Å². The largest absolute Gasteiger partial charge is 0.462 e. The average molecular weight is 369 g/mol. The second-order valence-corrected chi connectivity index (χ2v) is 7.70. The van der Waals surface area contributed by atoms with E-state index in [0.717, 1.165) is 0 Å². The Kier molecular flexibility index (Phi) is 6.15. The maximum Gasteiger partial charge on any atom is 0.338 e. The zero-order valence-electron chi connectivity index (χ0n) is 14.3. The Balaban J connectivity index is 2.14. The molecule has 1 saturated heterocycles. The van der Waals surface area contributed by atoms with Crippen molar-refractivity contribution in [2.24, 2.45) is 5.73 Å². The summed E-state index contributed by atoms with van der Waals surface area (Å²) in [6, 6.07) is 5.38. The van der Waals surface area contributed by atoms with Crippen LogP contribution in [0.4, 0.5) is 0 Å². The summed E-state index contributed by atoms with van der Waals surface area (Å²) >= 11 is 0. The highest BCUT2D eigenvalue weighted by Crippen LogP contribution is 2.20. The lowest BCUT2D eigenvalue weighted by Gasteiger charge is -2.36. The van der Waals surface area contributed by atoms with Gasteiger partial charge in [0, 0.05) is 26.2 Å². The molecule has 138 valence electrons. The standard InChI is InChI=1S/C16H23N3O5S/c1-3-24-16(21)13-5-4-6-14(11-13)25(22,23)19-9-7-18(8-10-19)12(2)15(17)20/h4-6,11-12H,3,7-10H2,1-2H3,(H2,17,20)/t12-/m0/s1. The van der Waals surface area contributed by atoms with Crippen LogP contribution in [0, 0.1) is 0 Å². The fourth-order valence-corrected chi connectivity index (χ4v) is 4.13. The number of carbonyl (C=O) groups excluding carboxylic acids is 2. The first-order valence-corrected chi connectivity index (χ1v) is 9.52. The number of hydrogen-bond acceptors (Lipinski definition) is 6. The SMILES string of the molecule is CCOC(=O)c1cccc(S(=O)(=O)N2CCN([C@@H](C)C(N)=O)CC2)c1. The Labute approximate surface area is 147 Å². The third-order valence-corrected chi connectivity index (χ3v) is 6.11. The normalized spacial score (nSPS) is 17.8. The first-order valence-electron chi connectivity index (χ1n) is 8.08. The minimum absolute atomic E-state index is 0.0504. The molecule has 1 aromatic rings. The molecule has 9 heteroatoms. The highest BCUT2D eigenvalue weighted by atomic mass is 32.2. The summed E-state index contributed by atoms with van der Waals surface area (Å²) < 4.78 is 31.8. The lowest BCUT2D eigenvalue weighted by atomic mass is 10.2. The number of carbonyl (C=O) groups is 2. The highest BCUT2D eigenvalue weighted by molar-refractivity contribution is 7.89. The molecule has 0 unspecified atom stereocenters. The van der Waals surface area contributed by atoms with E-state index in [-0.39, 0.29) is 30.2 Å². The van der Waals surface area contributed by atoms with Crippen molar-refractivity contribution in [1.82, 2.24) is 9.21 Å². The van der Waals surface area contributed by atoms with Gasteiger partial charge >= 0.3 is 5.97 Å². The smallest absolute Gasteiger partial charge is 0.338 e. The van der Waals surface area contributed by atoms with Gasteiger partial charge in [-0.1, -0.05) is 6.07 Å². The van der Waals surface area contributed by atoms with Crippen LogP contribution in [-0.2, 0) is 19.6 Å². The lowest BCUT2D eigenvalue weighted by Crippen LogP contribution is -2.54. The molecule has 1 amide bonds. The Morgan fingerprint density at radius 2 is 1.88 bits per heavy atom. The van der Waals surface area contributed by atoms with Gasteiger partial charge in [0.15, 0.2) is 0 Å². The number of sulfonamides is 1. The van der Waals surface area contributed by atoms with Gasteiger partial charge in [0.25, 0.3) is 0 Å². The number of rotatable bonds is 6. The summed E-state index contributed by atoms with van der Waals surface area (Å²) in [6.07, 6.45) is 0. The van der Waals surface area contributed by atoms with Crippen LogP contribution in [0.3, 0.4) is 0 Å². The van der Waals surface area contributed by atoms with Crippen LogP contribution in [0.5, 0.6) is 0 Å².